The van der Waals surface area contributed by atoms with Crippen LogP contribution in [0.25, 0.3) is 0 Å². The molecule has 0 spiro atoms. The molecule has 0 aliphatic rings. The summed E-state index contributed by atoms with van der Waals surface area (Å²) in [7, 11) is 0. The third-order valence-electron chi connectivity index (χ3n) is 0.261. The van der Waals surface area contributed by atoms with Gasteiger partial charge in [0, 0.05) is 0 Å². The maximum Gasteiger partial charge on any atom is 1.00 e. The zero-order valence-electron chi connectivity index (χ0n) is 5.21. The van der Waals surface area contributed by atoms with E-state index in [1.807, 2.05) is 3.24 Å². The van der Waals surface area contributed by atoms with Crippen molar-refractivity contribution in [2.75, 3.05) is 0 Å². The summed E-state index contributed by atoms with van der Waals surface area (Å²) in [6.07, 6.45) is -2.97. The van der Waals surface area contributed by atoms with E-state index in [-0.39, 0.29) is 18.9 Å². The molecule has 0 rings (SSSR count). The molecule has 8 nitrogen and oxygen atoms in total. The Morgan fingerprint density at radius 1 is 1.09 bits per heavy atom. The van der Waals surface area contributed by atoms with Gasteiger partial charge < -0.3 is 0 Å². The fraction of sp³-hybridized carbons (Fsp3) is 0. The Hall–Kier alpha value is -0.392. The van der Waals surface area contributed by atoms with E-state index in [9.17, 15) is 16.3 Å². The molecule has 0 radical (unpaired) electrons. The zero-order chi connectivity index (χ0) is 8.69. The average molecular weight is 328 g/mol. The predicted octanol–water partition coefficient (Wildman–Crippen LogP) is -4.78. The Labute approximate surface area is 69.2 Å². The second kappa shape index (κ2) is 2.06. The van der Waals surface area contributed by atoms with Gasteiger partial charge in [0.15, 0.2) is 0 Å². The van der Waals surface area contributed by atoms with Gasteiger partial charge in [-0.2, -0.15) is 0 Å². The van der Waals surface area contributed by atoms with Crippen LogP contribution in [0.2, 0.25) is 0 Å². The Kier molecular flexibility index (Phi) is 2.47. The summed E-state index contributed by atoms with van der Waals surface area (Å²) in [6, 6.07) is 0. The molecule has 0 N–H and O–H groups in total. The van der Waals surface area contributed by atoms with Crippen LogP contribution in [-0.4, -0.2) is 6.16 Å². The Balaban J connectivity index is 0. The summed E-state index contributed by atoms with van der Waals surface area (Å²) in [5.41, 5.74) is 0. The Morgan fingerprint density at radius 3 is 1.36 bits per heavy atom. The van der Waals surface area contributed by atoms with E-state index in [0.717, 1.165) is 0 Å². The van der Waals surface area contributed by atoms with Gasteiger partial charge in [0.2, 0.25) is 0 Å². The topological polar surface area (TPSA) is 135 Å². The summed E-state index contributed by atoms with van der Waals surface area (Å²) in [4.78, 5) is 9.14. The van der Waals surface area contributed by atoms with E-state index < -0.39 is 20.9 Å². The van der Waals surface area contributed by atoms with Gasteiger partial charge in [-0.05, 0) is 0 Å². The van der Waals surface area contributed by atoms with E-state index in [4.69, 9.17) is 9.90 Å². The second-order valence-electron chi connectivity index (χ2n) is 1.46. The quantitative estimate of drug-likeness (QED) is 0.438. The van der Waals surface area contributed by atoms with Crippen LogP contribution in [-0.2, 0) is 34.3 Å². The third kappa shape index (κ3) is 12.7. The number of hydrogen-bond acceptors (Lipinski definition) is 8. The molecule has 58 valence electrons. The molecule has 0 saturated carbocycles. The standard InChI is InChI=1S/CH2O3.Li.5O.Ta/c2-1(3)4;;;;;;;/h(H2,2,3,4);;;;;;;/q;+1;;;;;;+1/p-2. The number of carboxylic acid groups (broad SMARTS) is 1. The van der Waals surface area contributed by atoms with Crippen molar-refractivity contribution < 1.29 is 63.0 Å². The van der Waals surface area contributed by atoms with E-state index in [2.05, 4.69) is 0 Å². The van der Waals surface area contributed by atoms with Gasteiger partial charge in [0.05, 0.1) is 0 Å². The van der Waals surface area contributed by atoms with E-state index in [1.165, 1.54) is 0 Å². The molecular formula is CLiO8Ta. The molecule has 0 unspecified atom stereocenters. The van der Waals surface area contributed by atoms with Gasteiger partial charge >= 0.3 is 69.2 Å². The third-order valence-corrected chi connectivity index (χ3v) is 2.14. The maximum absolute atomic E-state index is 9.98. The minimum atomic E-state index is -9.98. The van der Waals surface area contributed by atoms with Crippen molar-refractivity contribution in [2.45, 2.75) is 0 Å². The molecule has 0 saturated heterocycles. The van der Waals surface area contributed by atoms with E-state index >= 15 is 0 Å². The van der Waals surface area contributed by atoms with Crippen LogP contribution >= 0.6 is 0 Å². The fourth-order valence-corrected chi connectivity index (χ4v) is 1.25. The molecule has 0 aromatic heterocycles. The molecule has 0 aliphatic heterocycles. The zero-order valence-corrected chi connectivity index (χ0v) is 8.43. The van der Waals surface area contributed by atoms with Crippen molar-refractivity contribution in [2.24, 2.45) is 0 Å². The molecule has 0 aromatic carbocycles. The molecule has 0 aliphatic carbocycles. The van der Waals surface area contributed by atoms with Crippen molar-refractivity contribution in [3.05, 3.63) is 0 Å². The number of carbonyl (C=O) groups excluding carboxylic acids is 1. The molecule has 11 heavy (non-hydrogen) atoms. The van der Waals surface area contributed by atoms with Crippen LogP contribution in [0, 0.1) is 0 Å². The van der Waals surface area contributed by atoms with Crippen LogP contribution in [0.4, 0.5) is 4.79 Å². The van der Waals surface area contributed by atoms with Crippen LogP contribution < -0.4 is 24.0 Å². The summed E-state index contributed by atoms with van der Waals surface area (Å²) >= 11 is -9.98. The summed E-state index contributed by atoms with van der Waals surface area (Å²) in [5.74, 6) is 0. The first-order valence-corrected chi connectivity index (χ1v) is 9.58. The summed E-state index contributed by atoms with van der Waals surface area (Å²) < 4.78 is 49.1. The molecule has 0 heterocycles. The number of rotatable bonds is 1. The van der Waals surface area contributed by atoms with Gasteiger partial charge in [0.25, 0.3) is 0 Å². The molecule has 0 fully saturated rings. The number of hydrogen-bond donors (Lipinski definition) is 0. The van der Waals surface area contributed by atoms with Gasteiger partial charge in [-0.15, -0.1) is 0 Å². The van der Waals surface area contributed by atoms with Crippen molar-refractivity contribution in [3.8, 4) is 0 Å². The van der Waals surface area contributed by atoms with Crippen molar-refractivity contribution in [1.29, 1.82) is 0 Å². The van der Waals surface area contributed by atoms with Gasteiger partial charge in [-0.1, -0.05) is 0 Å². The molecule has 0 aromatic rings. The predicted molar refractivity (Wildman–Crippen MR) is 9.91 cm³/mol. The minimum absolute atomic E-state index is 0. The van der Waals surface area contributed by atoms with Gasteiger partial charge in [0.1, 0.15) is 0 Å². The van der Waals surface area contributed by atoms with Crippen LogP contribution in [0.15, 0.2) is 0 Å². The first-order chi connectivity index (χ1) is 3.89. The summed E-state index contributed by atoms with van der Waals surface area (Å²) in [5, 5.41) is 9.14. The monoisotopic (exact) mass is 328 g/mol. The minimum Gasteiger partial charge on any atom is 1.00 e. The van der Waals surface area contributed by atoms with Crippen LogP contribution in [0.1, 0.15) is 0 Å². The van der Waals surface area contributed by atoms with Crippen molar-refractivity contribution >= 4 is 6.16 Å². The van der Waals surface area contributed by atoms with Gasteiger partial charge in [-0.25, -0.2) is 0 Å². The molecule has 0 atom stereocenters. The normalized spacial score (nSPS) is 10.2. The van der Waals surface area contributed by atoms with Gasteiger partial charge in [-0.3, -0.25) is 0 Å². The maximum atomic E-state index is 9.41. The molecular weight excluding hydrogens is 328 g/mol. The van der Waals surface area contributed by atoms with Crippen molar-refractivity contribution in [3.63, 3.8) is 0 Å². The molecule has 10 heteroatoms. The molecule has 0 amide bonds. The van der Waals surface area contributed by atoms with Crippen LogP contribution in [0.5, 0.6) is 0 Å². The van der Waals surface area contributed by atoms with Crippen molar-refractivity contribution in [1.82, 2.24) is 0 Å². The first-order valence-electron chi connectivity index (χ1n) is 1.71. The molecule has 0 bridgehead atoms. The smallest absolute Gasteiger partial charge is 1.00 e. The largest absolute Gasteiger partial charge is 1.00 e. The van der Waals surface area contributed by atoms with Crippen LogP contribution in [0.3, 0.4) is 0 Å². The fourth-order valence-electron chi connectivity index (χ4n) is 0.152. The Morgan fingerprint density at radius 2 is 1.36 bits per heavy atom. The first kappa shape index (κ1) is 13.2. The SMILES string of the molecule is O=C([O-])[O][Ta](=[O])(=[O])(=[O])(=[O])=[O].[Li+]. The Bertz CT molecular complexity index is 491. The second-order valence-corrected chi connectivity index (χ2v) is 10.1. The average Bonchev–Trinajstić information content (AvgIpc) is 1.12. The summed E-state index contributed by atoms with van der Waals surface area (Å²) in [6.45, 7) is 0. The van der Waals surface area contributed by atoms with E-state index in [1.54, 1.807) is 0 Å². The number of carbonyl (C=O) groups is 1. The van der Waals surface area contributed by atoms with E-state index in [0.29, 0.717) is 0 Å².